The van der Waals surface area contributed by atoms with Gasteiger partial charge in [0.15, 0.2) is 0 Å². The van der Waals surface area contributed by atoms with Crippen molar-refractivity contribution in [1.29, 1.82) is 0 Å². The van der Waals surface area contributed by atoms with Crippen LogP contribution < -0.4 is 5.32 Å². The van der Waals surface area contributed by atoms with Crippen LogP contribution in [-0.2, 0) is 11.2 Å². The molecular weight excluding hydrogens is 268 g/mol. The number of carboxylic acid groups (broad SMARTS) is 1. The van der Waals surface area contributed by atoms with Crippen LogP contribution in [0.25, 0.3) is 0 Å². The van der Waals surface area contributed by atoms with E-state index in [1.807, 2.05) is 31.2 Å². The first-order valence-corrected chi connectivity index (χ1v) is 6.59. The SMILES string of the molecule is Cc1ccccc1CCC(=O)Nc1cnccc1C(=O)O. The molecule has 5 heteroatoms. The molecule has 1 aromatic carbocycles. The molecule has 2 N–H and O–H groups in total. The van der Waals surface area contributed by atoms with Crippen LogP contribution >= 0.6 is 0 Å². The molecule has 0 aliphatic heterocycles. The molecule has 21 heavy (non-hydrogen) atoms. The van der Waals surface area contributed by atoms with Crippen LogP contribution in [0, 0.1) is 6.92 Å². The van der Waals surface area contributed by atoms with Crippen molar-refractivity contribution < 1.29 is 14.7 Å². The van der Waals surface area contributed by atoms with E-state index < -0.39 is 5.97 Å². The summed E-state index contributed by atoms with van der Waals surface area (Å²) in [6.07, 6.45) is 3.63. The molecule has 0 saturated heterocycles. The van der Waals surface area contributed by atoms with Gasteiger partial charge in [-0.25, -0.2) is 4.79 Å². The Morgan fingerprint density at radius 3 is 2.71 bits per heavy atom. The molecule has 1 aromatic heterocycles. The summed E-state index contributed by atoms with van der Waals surface area (Å²) in [6, 6.07) is 9.23. The van der Waals surface area contributed by atoms with Crippen LogP contribution in [0.15, 0.2) is 42.7 Å². The zero-order chi connectivity index (χ0) is 15.2. The number of carbonyl (C=O) groups excluding carboxylic acids is 1. The first-order valence-electron chi connectivity index (χ1n) is 6.59. The highest BCUT2D eigenvalue weighted by molar-refractivity contribution is 6.00. The molecule has 5 nitrogen and oxygen atoms in total. The van der Waals surface area contributed by atoms with E-state index in [9.17, 15) is 9.59 Å². The number of rotatable bonds is 5. The van der Waals surface area contributed by atoms with Gasteiger partial charge < -0.3 is 10.4 Å². The Bertz CT molecular complexity index is 668. The van der Waals surface area contributed by atoms with Gasteiger partial charge in [0.2, 0.25) is 5.91 Å². The summed E-state index contributed by atoms with van der Waals surface area (Å²) < 4.78 is 0. The Balaban J connectivity index is 2.00. The number of aromatic carboxylic acids is 1. The van der Waals surface area contributed by atoms with E-state index in [0.29, 0.717) is 12.8 Å². The Morgan fingerprint density at radius 2 is 2.00 bits per heavy atom. The van der Waals surface area contributed by atoms with E-state index in [4.69, 9.17) is 5.11 Å². The van der Waals surface area contributed by atoms with Crippen molar-refractivity contribution in [2.24, 2.45) is 0 Å². The van der Waals surface area contributed by atoms with E-state index in [1.165, 1.54) is 18.5 Å². The van der Waals surface area contributed by atoms with Gasteiger partial charge in [0.05, 0.1) is 17.4 Å². The molecule has 0 fully saturated rings. The van der Waals surface area contributed by atoms with Crippen molar-refractivity contribution in [3.05, 3.63) is 59.4 Å². The first-order chi connectivity index (χ1) is 10.1. The van der Waals surface area contributed by atoms with Gasteiger partial charge >= 0.3 is 5.97 Å². The van der Waals surface area contributed by atoms with Gasteiger partial charge in [-0.15, -0.1) is 0 Å². The molecule has 0 aliphatic rings. The Hall–Kier alpha value is -2.69. The number of benzene rings is 1. The third-order valence-electron chi connectivity index (χ3n) is 3.21. The monoisotopic (exact) mass is 284 g/mol. The van der Waals surface area contributed by atoms with Crippen molar-refractivity contribution in [2.45, 2.75) is 19.8 Å². The molecule has 0 atom stereocenters. The van der Waals surface area contributed by atoms with Crippen molar-refractivity contribution in [3.8, 4) is 0 Å². The minimum absolute atomic E-state index is 0.0363. The number of hydrogen-bond acceptors (Lipinski definition) is 3. The highest BCUT2D eigenvalue weighted by Crippen LogP contribution is 2.15. The predicted molar refractivity (Wildman–Crippen MR) is 79.3 cm³/mol. The normalized spacial score (nSPS) is 10.1. The average Bonchev–Trinajstić information content (AvgIpc) is 2.47. The van der Waals surface area contributed by atoms with Crippen LogP contribution in [0.4, 0.5) is 5.69 Å². The van der Waals surface area contributed by atoms with Crippen molar-refractivity contribution >= 4 is 17.6 Å². The largest absolute Gasteiger partial charge is 0.478 e. The van der Waals surface area contributed by atoms with Gasteiger partial charge in [-0.05, 0) is 30.5 Å². The highest BCUT2D eigenvalue weighted by atomic mass is 16.4. The van der Waals surface area contributed by atoms with Gasteiger partial charge in [0.25, 0.3) is 0 Å². The summed E-state index contributed by atoms with van der Waals surface area (Å²) in [7, 11) is 0. The lowest BCUT2D eigenvalue weighted by Gasteiger charge is -2.08. The summed E-state index contributed by atoms with van der Waals surface area (Å²) in [5.74, 6) is -1.32. The van der Waals surface area contributed by atoms with Crippen LogP contribution in [0.2, 0.25) is 0 Å². The summed E-state index contributed by atoms with van der Waals surface area (Å²) in [5.41, 5.74) is 2.50. The fourth-order valence-electron chi connectivity index (χ4n) is 2.03. The molecule has 0 radical (unpaired) electrons. The number of nitrogens with zero attached hydrogens (tertiary/aromatic N) is 1. The lowest BCUT2D eigenvalue weighted by molar-refractivity contribution is -0.116. The van der Waals surface area contributed by atoms with Gasteiger partial charge in [-0.3, -0.25) is 9.78 Å². The summed E-state index contributed by atoms with van der Waals surface area (Å²) in [6.45, 7) is 2.00. The number of carbonyl (C=O) groups is 2. The molecule has 0 bridgehead atoms. The number of amides is 1. The fourth-order valence-corrected chi connectivity index (χ4v) is 2.03. The maximum atomic E-state index is 11.9. The smallest absolute Gasteiger partial charge is 0.337 e. The maximum absolute atomic E-state index is 11.9. The van der Waals surface area contributed by atoms with Gasteiger partial charge in [-0.2, -0.15) is 0 Å². The molecule has 0 aliphatic carbocycles. The number of aryl methyl sites for hydroxylation is 2. The zero-order valence-corrected chi connectivity index (χ0v) is 11.7. The van der Waals surface area contributed by atoms with Crippen LogP contribution in [0.1, 0.15) is 27.9 Å². The third kappa shape index (κ3) is 3.89. The highest BCUT2D eigenvalue weighted by Gasteiger charge is 2.12. The minimum atomic E-state index is -1.09. The molecule has 2 rings (SSSR count). The number of aromatic nitrogens is 1. The summed E-state index contributed by atoms with van der Waals surface area (Å²) in [5, 5.41) is 11.6. The summed E-state index contributed by atoms with van der Waals surface area (Å²) >= 11 is 0. The quantitative estimate of drug-likeness (QED) is 0.884. The van der Waals surface area contributed by atoms with Crippen LogP contribution in [0.5, 0.6) is 0 Å². The van der Waals surface area contributed by atoms with E-state index >= 15 is 0 Å². The molecule has 108 valence electrons. The van der Waals surface area contributed by atoms with E-state index in [2.05, 4.69) is 10.3 Å². The Kier molecular flexibility index (Phi) is 4.66. The van der Waals surface area contributed by atoms with Crippen molar-refractivity contribution in [1.82, 2.24) is 4.98 Å². The van der Waals surface area contributed by atoms with Gasteiger partial charge in [0, 0.05) is 12.6 Å². The maximum Gasteiger partial charge on any atom is 0.337 e. The minimum Gasteiger partial charge on any atom is -0.478 e. The molecule has 0 saturated carbocycles. The van der Waals surface area contributed by atoms with Crippen LogP contribution in [0.3, 0.4) is 0 Å². The molecule has 0 spiro atoms. The van der Waals surface area contributed by atoms with Crippen LogP contribution in [-0.4, -0.2) is 22.0 Å². The van der Waals surface area contributed by atoms with E-state index in [-0.39, 0.29) is 17.2 Å². The number of carboxylic acids is 1. The van der Waals surface area contributed by atoms with E-state index in [0.717, 1.165) is 11.1 Å². The molecule has 2 aromatic rings. The fraction of sp³-hybridized carbons (Fsp3) is 0.188. The molecule has 1 heterocycles. The molecule has 0 unspecified atom stereocenters. The number of anilines is 1. The second-order valence-electron chi connectivity index (χ2n) is 4.70. The Labute approximate surface area is 122 Å². The molecular formula is C16H16N2O3. The third-order valence-corrected chi connectivity index (χ3v) is 3.21. The van der Waals surface area contributed by atoms with E-state index in [1.54, 1.807) is 0 Å². The van der Waals surface area contributed by atoms with Crippen molar-refractivity contribution in [2.75, 3.05) is 5.32 Å². The van der Waals surface area contributed by atoms with Gasteiger partial charge in [-0.1, -0.05) is 24.3 Å². The average molecular weight is 284 g/mol. The Morgan fingerprint density at radius 1 is 1.24 bits per heavy atom. The second-order valence-corrected chi connectivity index (χ2v) is 4.70. The molecule has 1 amide bonds. The lowest BCUT2D eigenvalue weighted by Crippen LogP contribution is -2.15. The van der Waals surface area contributed by atoms with Gasteiger partial charge in [0.1, 0.15) is 0 Å². The van der Waals surface area contributed by atoms with Crippen molar-refractivity contribution in [3.63, 3.8) is 0 Å². The summed E-state index contributed by atoms with van der Waals surface area (Å²) in [4.78, 5) is 26.8. The first kappa shape index (κ1) is 14.7. The number of pyridine rings is 1. The topological polar surface area (TPSA) is 79.3 Å². The number of nitrogens with one attached hydrogen (secondary N) is 1. The lowest BCUT2D eigenvalue weighted by atomic mass is 10.0. The number of hydrogen-bond donors (Lipinski definition) is 2. The predicted octanol–water partition coefficient (Wildman–Crippen LogP) is 2.66. The second kappa shape index (κ2) is 6.65. The standard InChI is InChI=1S/C16H16N2O3/c1-11-4-2-3-5-12(11)6-7-15(19)18-14-10-17-9-8-13(14)16(20)21/h2-5,8-10H,6-7H2,1H3,(H,18,19)(H,20,21). The zero-order valence-electron chi connectivity index (χ0n) is 11.7.